The average molecular weight is 428 g/mol. The topological polar surface area (TPSA) is 79.4 Å². The number of nitrogens with zero attached hydrogens (tertiary/aromatic N) is 3. The van der Waals surface area contributed by atoms with Crippen molar-refractivity contribution in [1.82, 2.24) is 9.97 Å². The molecule has 1 saturated heterocycles. The van der Waals surface area contributed by atoms with Crippen molar-refractivity contribution in [3.05, 3.63) is 53.9 Å². The molecule has 1 aromatic carbocycles. The Hall–Kier alpha value is -3.63. The molecule has 0 unspecified atom stereocenters. The lowest BCUT2D eigenvalue weighted by atomic mass is 10.1. The van der Waals surface area contributed by atoms with E-state index in [4.69, 9.17) is 4.74 Å². The monoisotopic (exact) mass is 427 g/mol. The van der Waals surface area contributed by atoms with Gasteiger partial charge < -0.3 is 20.3 Å². The van der Waals surface area contributed by atoms with Crippen LogP contribution in [0.3, 0.4) is 0 Å². The first-order valence-electron chi connectivity index (χ1n) is 10.9. The van der Waals surface area contributed by atoms with Crippen LogP contribution in [0.2, 0.25) is 0 Å². The van der Waals surface area contributed by atoms with Crippen molar-refractivity contribution in [2.45, 2.75) is 12.8 Å². The maximum Gasteiger partial charge on any atom is 0.228 e. The Morgan fingerprint density at radius 1 is 1.06 bits per heavy atom. The first-order chi connectivity index (χ1) is 15.7. The summed E-state index contributed by atoms with van der Waals surface area (Å²) in [5.74, 6) is 7.93. The smallest absolute Gasteiger partial charge is 0.228 e. The fraction of sp³-hybridized carbons (Fsp3) is 0.320. The number of benzene rings is 1. The van der Waals surface area contributed by atoms with Gasteiger partial charge in [-0.2, -0.15) is 0 Å². The number of ether oxygens (including phenoxy) is 1. The zero-order chi connectivity index (χ0) is 21.9. The van der Waals surface area contributed by atoms with Crippen LogP contribution in [-0.4, -0.2) is 49.2 Å². The molecule has 2 N–H and O–H groups in total. The molecule has 0 spiro atoms. The molecule has 7 heteroatoms. The predicted molar refractivity (Wildman–Crippen MR) is 126 cm³/mol. The summed E-state index contributed by atoms with van der Waals surface area (Å²) in [6.07, 6.45) is 5.40. The molecule has 3 aromatic rings. The Labute approximate surface area is 187 Å². The molecule has 2 fully saturated rings. The minimum atomic E-state index is 0.0349. The molecule has 2 aromatic heterocycles. The molecule has 2 aliphatic rings. The second kappa shape index (κ2) is 8.85. The Bertz CT molecular complexity index is 1200. The number of aromatic nitrogens is 2. The number of amides is 1. The number of pyridine rings is 2. The van der Waals surface area contributed by atoms with Crippen molar-refractivity contribution in [3.63, 3.8) is 0 Å². The van der Waals surface area contributed by atoms with Gasteiger partial charge >= 0.3 is 0 Å². The molecule has 0 atom stereocenters. The number of morpholine rings is 1. The van der Waals surface area contributed by atoms with Gasteiger partial charge in [0.05, 0.1) is 18.8 Å². The number of hydrogen-bond acceptors (Lipinski definition) is 6. The van der Waals surface area contributed by atoms with Crippen LogP contribution in [0, 0.1) is 17.8 Å². The SMILES string of the molecule is CNc1ncc(C#Cc2ccc(N3CCOCC3)cc2)c2cc(NC(=O)C3CC3)ncc12. The van der Waals surface area contributed by atoms with Gasteiger partial charge in [0, 0.05) is 60.5 Å². The van der Waals surface area contributed by atoms with Gasteiger partial charge in [0.15, 0.2) is 0 Å². The Morgan fingerprint density at radius 2 is 1.84 bits per heavy atom. The summed E-state index contributed by atoms with van der Waals surface area (Å²) in [7, 11) is 1.83. The second-order valence-corrected chi connectivity index (χ2v) is 8.05. The molecule has 7 nitrogen and oxygen atoms in total. The number of fused-ring (bicyclic) bond motifs is 1. The quantitative estimate of drug-likeness (QED) is 0.623. The van der Waals surface area contributed by atoms with Gasteiger partial charge in [-0.3, -0.25) is 4.79 Å². The van der Waals surface area contributed by atoms with Crippen LogP contribution in [0.5, 0.6) is 0 Å². The largest absolute Gasteiger partial charge is 0.378 e. The summed E-state index contributed by atoms with van der Waals surface area (Å²) in [5.41, 5.74) is 2.91. The molecule has 0 radical (unpaired) electrons. The summed E-state index contributed by atoms with van der Waals surface area (Å²) in [4.78, 5) is 23.4. The molecule has 1 aliphatic carbocycles. The van der Waals surface area contributed by atoms with E-state index >= 15 is 0 Å². The molecule has 1 amide bonds. The van der Waals surface area contributed by atoms with E-state index in [2.05, 4.69) is 49.5 Å². The summed E-state index contributed by atoms with van der Waals surface area (Å²) < 4.78 is 5.43. The number of nitrogens with one attached hydrogen (secondary N) is 2. The minimum Gasteiger partial charge on any atom is -0.378 e. The predicted octanol–water partition coefficient (Wildman–Crippen LogP) is 3.26. The van der Waals surface area contributed by atoms with Crippen molar-refractivity contribution < 1.29 is 9.53 Å². The van der Waals surface area contributed by atoms with E-state index < -0.39 is 0 Å². The third-order valence-corrected chi connectivity index (χ3v) is 5.79. The maximum atomic E-state index is 12.2. The van der Waals surface area contributed by atoms with Crippen molar-refractivity contribution in [1.29, 1.82) is 0 Å². The summed E-state index contributed by atoms with van der Waals surface area (Å²) in [6, 6.07) is 10.2. The minimum absolute atomic E-state index is 0.0349. The lowest BCUT2D eigenvalue weighted by Crippen LogP contribution is -2.36. The number of carbonyl (C=O) groups excluding carboxylic acids is 1. The fourth-order valence-electron chi connectivity index (χ4n) is 3.79. The highest BCUT2D eigenvalue weighted by atomic mass is 16.5. The lowest BCUT2D eigenvalue weighted by molar-refractivity contribution is -0.117. The van der Waals surface area contributed by atoms with Crippen molar-refractivity contribution in [2.24, 2.45) is 5.92 Å². The summed E-state index contributed by atoms with van der Waals surface area (Å²) in [6.45, 7) is 3.35. The van der Waals surface area contributed by atoms with Gasteiger partial charge in [-0.05, 0) is 43.2 Å². The third kappa shape index (κ3) is 4.36. The van der Waals surface area contributed by atoms with Crippen LogP contribution in [-0.2, 0) is 9.53 Å². The standard InChI is InChI=1S/C25H25N5O2/c1-26-24-22-16-27-23(29-25(31)18-6-7-18)14-21(22)19(15-28-24)5-2-17-3-8-20(9-4-17)30-10-12-32-13-11-30/h3-4,8-9,14-16,18H,6-7,10-13H2,1H3,(H,26,28)(H,27,29,31). The molecule has 5 rings (SSSR count). The van der Waals surface area contributed by atoms with Gasteiger partial charge in [-0.15, -0.1) is 0 Å². The van der Waals surface area contributed by atoms with E-state index in [1.54, 1.807) is 12.4 Å². The van der Waals surface area contributed by atoms with Gasteiger partial charge in [0.25, 0.3) is 0 Å². The highest BCUT2D eigenvalue weighted by Gasteiger charge is 2.29. The molecular formula is C25H25N5O2. The summed E-state index contributed by atoms with van der Waals surface area (Å²) in [5, 5.41) is 7.79. The zero-order valence-electron chi connectivity index (χ0n) is 18.0. The average Bonchev–Trinajstić information content (AvgIpc) is 3.69. The first-order valence-corrected chi connectivity index (χ1v) is 10.9. The van der Waals surface area contributed by atoms with Crippen LogP contribution in [0.1, 0.15) is 24.0 Å². The van der Waals surface area contributed by atoms with Crippen LogP contribution < -0.4 is 15.5 Å². The number of carbonyl (C=O) groups is 1. The van der Waals surface area contributed by atoms with Gasteiger partial charge in [-0.25, -0.2) is 9.97 Å². The maximum absolute atomic E-state index is 12.2. The molecule has 1 saturated carbocycles. The van der Waals surface area contributed by atoms with Gasteiger partial charge in [0.2, 0.25) is 5.91 Å². The van der Waals surface area contributed by atoms with E-state index in [-0.39, 0.29) is 11.8 Å². The zero-order valence-corrected chi connectivity index (χ0v) is 18.0. The molecule has 0 bridgehead atoms. The molecule has 162 valence electrons. The number of rotatable bonds is 4. The molecule has 1 aliphatic heterocycles. The molecular weight excluding hydrogens is 402 g/mol. The fourth-order valence-corrected chi connectivity index (χ4v) is 3.79. The van der Waals surface area contributed by atoms with Crippen LogP contribution in [0.15, 0.2) is 42.7 Å². The van der Waals surface area contributed by atoms with Gasteiger partial charge in [0.1, 0.15) is 11.6 Å². The molecule has 3 heterocycles. The number of anilines is 3. The van der Waals surface area contributed by atoms with E-state index in [9.17, 15) is 4.79 Å². The van der Waals surface area contributed by atoms with E-state index in [0.717, 1.165) is 66.9 Å². The Morgan fingerprint density at radius 3 is 2.56 bits per heavy atom. The van der Waals surface area contributed by atoms with Crippen molar-refractivity contribution in [3.8, 4) is 11.8 Å². The van der Waals surface area contributed by atoms with Crippen LogP contribution in [0.4, 0.5) is 17.3 Å². The highest BCUT2D eigenvalue weighted by molar-refractivity contribution is 5.99. The van der Waals surface area contributed by atoms with E-state index in [1.807, 2.05) is 25.2 Å². The lowest BCUT2D eigenvalue weighted by Gasteiger charge is -2.28. The van der Waals surface area contributed by atoms with Crippen LogP contribution >= 0.6 is 0 Å². The van der Waals surface area contributed by atoms with Crippen LogP contribution in [0.25, 0.3) is 10.8 Å². The Kier molecular flexibility index (Phi) is 5.61. The Balaban J connectivity index is 1.43. The highest BCUT2D eigenvalue weighted by Crippen LogP contribution is 2.31. The normalized spacial score (nSPS) is 15.7. The second-order valence-electron chi connectivity index (χ2n) is 8.05. The molecule has 32 heavy (non-hydrogen) atoms. The van der Waals surface area contributed by atoms with Gasteiger partial charge in [-0.1, -0.05) is 11.8 Å². The van der Waals surface area contributed by atoms with Crippen molar-refractivity contribution >= 4 is 34.0 Å². The first kappa shape index (κ1) is 20.3. The van der Waals surface area contributed by atoms with E-state index in [1.165, 1.54) is 5.69 Å². The van der Waals surface area contributed by atoms with E-state index in [0.29, 0.717) is 5.82 Å². The van der Waals surface area contributed by atoms with Crippen molar-refractivity contribution in [2.75, 3.05) is 48.9 Å². The third-order valence-electron chi connectivity index (χ3n) is 5.79. The summed E-state index contributed by atoms with van der Waals surface area (Å²) >= 11 is 0. The number of hydrogen-bond donors (Lipinski definition) is 2.